The van der Waals surface area contributed by atoms with Crippen LogP contribution in [-0.4, -0.2) is 23.9 Å². The van der Waals surface area contributed by atoms with E-state index >= 15 is 0 Å². The Hall–Kier alpha value is -3.30. The van der Waals surface area contributed by atoms with Gasteiger partial charge in [0.05, 0.1) is 23.3 Å². The van der Waals surface area contributed by atoms with E-state index in [0.717, 1.165) is 34.7 Å². The van der Waals surface area contributed by atoms with Crippen LogP contribution in [0, 0.1) is 6.92 Å². The number of amides is 1. The third-order valence-electron chi connectivity index (χ3n) is 5.49. The number of nitrogens with zero attached hydrogens (tertiary/aromatic N) is 1. The van der Waals surface area contributed by atoms with Crippen LogP contribution in [0.3, 0.4) is 0 Å². The Balaban J connectivity index is 1.91. The number of Topliss-reactive ketones (excluding diaryl/α,β-unsaturated/α-hetero) is 1. The lowest BCUT2D eigenvalue weighted by molar-refractivity contribution is -0.137. The van der Waals surface area contributed by atoms with Crippen LogP contribution in [0.2, 0.25) is 5.02 Å². The van der Waals surface area contributed by atoms with Crippen molar-refractivity contribution in [1.29, 1.82) is 0 Å². The van der Waals surface area contributed by atoms with Gasteiger partial charge in [-0.1, -0.05) is 11.6 Å². The highest BCUT2D eigenvalue weighted by Gasteiger charge is 2.48. The predicted octanol–water partition coefficient (Wildman–Crippen LogP) is 6.36. The van der Waals surface area contributed by atoms with Crippen molar-refractivity contribution < 1.29 is 32.6 Å². The molecule has 176 valence electrons. The average Bonchev–Trinajstić information content (AvgIpc) is 3.33. The summed E-state index contributed by atoms with van der Waals surface area (Å²) in [4.78, 5) is 27.9. The molecule has 2 heterocycles. The lowest BCUT2D eigenvalue weighted by Crippen LogP contribution is -2.29. The Labute approximate surface area is 201 Å². The number of aryl methyl sites for hydroxylation is 1. The molecule has 1 fully saturated rings. The number of methoxy groups -OCH3 is 1. The normalized spacial score (nSPS) is 17.9. The van der Waals surface area contributed by atoms with Crippen LogP contribution in [0.4, 0.5) is 18.9 Å². The molecule has 34 heavy (non-hydrogen) atoms. The fraction of sp³-hybridized carbons (Fsp3) is 0.167. The third-order valence-corrected chi connectivity index (χ3v) is 6.88. The van der Waals surface area contributed by atoms with E-state index in [1.54, 1.807) is 18.4 Å². The molecule has 4 rings (SSSR count). The van der Waals surface area contributed by atoms with Gasteiger partial charge in [-0.25, -0.2) is 0 Å². The molecule has 0 radical (unpaired) electrons. The molecule has 5 nitrogen and oxygen atoms in total. The lowest BCUT2D eigenvalue weighted by Gasteiger charge is -2.25. The number of aliphatic hydroxyl groups excluding tert-OH is 1. The zero-order chi connectivity index (χ0) is 24.8. The molecule has 1 unspecified atom stereocenters. The van der Waals surface area contributed by atoms with E-state index in [2.05, 4.69) is 0 Å². The van der Waals surface area contributed by atoms with Gasteiger partial charge < -0.3 is 9.84 Å². The first kappa shape index (κ1) is 23.8. The van der Waals surface area contributed by atoms with Crippen LogP contribution in [0.25, 0.3) is 5.76 Å². The van der Waals surface area contributed by atoms with Crippen molar-refractivity contribution >= 4 is 46.1 Å². The van der Waals surface area contributed by atoms with E-state index in [0.29, 0.717) is 4.88 Å². The maximum Gasteiger partial charge on any atom is 0.416 e. The maximum absolute atomic E-state index is 13.1. The van der Waals surface area contributed by atoms with Crippen molar-refractivity contribution in [2.24, 2.45) is 0 Å². The Morgan fingerprint density at radius 1 is 1.12 bits per heavy atom. The lowest BCUT2D eigenvalue weighted by atomic mass is 9.98. The van der Waals surface area contributed by atoms with Crippen LogP contribution in [0.15, 0.2) is 59.5 Å². The first-order chi connectivity index (χ1) is 16.0. The molecule has 1 aliphatic heterocycles. The third kappa shape index (κ3) is 4.05. The molecule has 1 aliphatic rings. The highest BCUT2D eigenvalue weighted by Crippen LogP contribution is 2.45. The second kappa shape index (κ2) is 8.81. The van der Waals surface area contributed by atoms with E-state index in [1.807, 2.05) is 0 Å². The minimum Gasteiger partial charge on any atom is -0.507 e. The number of alkyl halides is 3. The highest BCUT2D eigenvalue weighted by molar-refractivity contribution is 7.10. The van der Waals surface area contributed by atoms with Crippen molar-refractivity contribution in [2.75, 3.05) is 12.0 Å². The Kier molecular flexibility index (Phi) is 6.18. The van der Waals surface area contributed by atoms with Crippen LogP contribution in [0.1, 0.15) is 27.6 Å². The van der Waals surface area contributed by atoms with Crippen LogP contribution in [-0.2, 0) is 15.8 Å². The number of benzene rings is 2. The topological polar surface area (TPSA) is 66.8 Å². The predicted molar refractivity (Wildman–Crippen MR) is 123 cm³/mol. The zero-order valence-corrected chi connectivity index (χ0v) is 19.4. The van der Waals surface area contributed by atoms with Crippen LogP contribution in [0.5, 0.6) is 5.75 Å². The minimum atomic E-state index is -4.55. The summed E-state index contributed by atoms with van der Waals surface area (Å²) in [6, 6.07) is 9.10. The first-order valence-electron chi connectivity index (χ1n) is 9.90. The molecule has 1 atom stereocenters. The molecule has 0 aliphatic carbocycles. The van der Waals surface area contributed by atoms with Crippen molar-refractivity contribution in [1.82, 2.24) is 0 Å². The molecule has 0 saturated carbocycles. The molecule has 3 aromatic rings. The van der Waals surface area contributed by atoms with Gasteiger partial charge in [-0.3, -0.25) is 14.5 Å². The van der Waals surface area contributed by atoms with Crippen molar-refractivity contribution in [3.63, 3.8) is 0 Å². The highest BCUT2D eigenvalue weighted by atomic mass is 35.5. The van der Waals surface area contributed by atoms with Crippen molar-refractivity contribution in [2.45, 2.75) is 19.1 Å². The fourth-order valence-electron chi connectivity index (χ4n) is 3.79. The molecule has 0 spiro atoms. The van der Waals surface area contributed by atoms with Crippen LogP contribution >= 0.6 is 22.9 Å². The van der Waals surface area contributed by atoms with Gasteiger partial charge in [-0.2, -0.15) is 13.2 Å². The van der Waals surface area contributed by atoms with Gasteiger partial charge in [0.2, 0.25) is 0 Å². The quantitative estimate of drug-likeness (QED) is 0.253. The van der Waals surface area contributed by atoms with E-state index in [-0.39, 0.29) is 27.6 Å². The maximum atomic E-state index is 13.1. The molecule has 1 aromatic heterocycles. The van der Waals surface area contributed by atoms with Gasteiger partial charge in [0.1, 0.15) is 17.6 Å². The van der Waals surface area contributed by atoms with Crippen molar-refractivity contribution in [3.05, 3.63) is 86.1 Å². The largest absolute Gasteiger partial charge is 0.507 e. The summed E-state index contributed by atoms with van der Waals surface area (Å²) in [6.45, 7) is 1.78. The molecular formula is C24H17ClF3NO4S. The molecule has 0 bridgehead atoms. The summed E-state index contributed by atoms with van der Waals surface area (Å²) in [5.74, 6) is -2.10. The summed E-state index contributed by atoms with van der Waals surface area (Å²) in [5.41, 5.74) is -0.00955. The molecule has 10 heteroatoms. The smallest absolute Gasteiger partial charge is 0.416 e. The average molecular weight is 508 g/mol. The van der Waals surface area contributed by atoms with E-state index in [4.69, 9.17) is 16.3 Å². The van der Waals surface area contributed by atoms with E-state index in [9.17, 15) is 27.9 Å². The Bertz CT molecular complexity index is 1310. The second-order valence-corrected chi connectivity index (χ2v) is 8.89. The number of aliphatic hydroxyl groups is 1. The van der Waals surface area contributed by atoms with Gasteiger partial charge in [-0.15, -0.1) is 11.3 Å². The Morgan fingerprint density at radius 2 is 1.79 bits per heavy atom. The number of carbonyl (C=O) groups excluding carboxylic acids is 2. The number of carbonyl (C=O) groups is 2. The molecule has 1 N–H and O–H groups in total. The number of ketones is 1. The molecular weight excluding hydrogens is 491 g/mol. The number of ether oxygens (including phenoxy) is 1. The van der Waals surface area contributed by atoms with Gasteiger partial charge in [-0.05, 0) is 66.4 Å². The van der Waals surface area contributed by atoms with Crippen molar-refractivity contribution in [3.8, 4) is 5.75 Å². The van der Waals surface area contributed by atoms with Gasteiger partial charge >= 0.3 is 6.18 Å². The number of hydrogen-bond donors (Lipinski definition) is 1. The number of hydrogen-bond acceptors (Lipinski definition) is 5. The summed E-state index contributed by atoms with van der Waals surface area (Å²) in [5, 5.41) is 13.2. The van der Waals surface area contributed by atoms with Gasteiger partial charge in [0.15, 0.2) is 0 Å². The number of halogens is 4. The Morgan fingerprint density at radius 3 is 2.35 bits per heavy atom. The molecule has 2 aromatic carbocycles. The molecule has 1 saturated heterocycles. The van der Waals surface area contributed by atoms with Gasteiger partial charge in [0, 0.05) is 16.1 Å². The summed E-state index contributed by atoms with van der Waals surface area (Å²) in [7, 11) is 1.39. The molecule has 1 amide bonds. The van der Waals surface area contributed by atoms with Gasteiger partial charge in [0.25, 0.3) is 11.7 Å². The SMILES string of the molecule is COc1cc(/C(O)=C2/C(=O)C(=O)N(c3ccc(C(F)(F)F)cc3)C2c2sccc2C)ccc1Cl. The monoisotopic (exact) mass is 507 g/mol. The fourth-order valence-corrected chi connectivity index (χ4v) is 5.00. The summed E-state index contributed by atoms with van der Waals surface area (Å²) < 4.78 is 44.3. The minimum absolute atomic E-state index is 0.0978. The van der Waals surface area contributed by atoms with Crippen LogP contribution < -0.4 is 9.64 Å². The summed E-state index contributed by atoms with van der Waals surface area (Å²) >= 11 is 7.33. The standard InChI is InChI=1S/C24H17ClF3NO4S/c1-12-9-10-34-22(12)19-18(20(30)13-3-8-16(25)17(11-13)33-2)21(31)23(32)29(19)15-6-4-14(5-7-15)24(26,27)28/h3-11,19,30H,1-2H3/b20-18-. The van der Waals surface area contributed by atoms with E-state index in [1.165, 1.54) is 36.6 Å². The second-order valence-electron chi connectivity index (χ2n) is 7.53. The number of rotatable bonds is 4. The number of thiophene rings is 1. The zero-order valence-electron chi connectivity index (χ0n) is 17.8. The first-order valence-corrected chi connectivity index (χ1v) is 11.2. The van der Waals surface area contributed by atoms with E-state index < -0.39 is 35.2 Å². The number of anilines is 1. The summed E-state index contributed by atoms with van der Waals surface area (Å²) in [6.07, 6.45) is -4.55.